The number of hydrogen-bond acceptors (Lipinski definition) is 4. The lowest BCUT2D eigenvalue weighted by Gasteiger charge is -2.21. The van der Waals surface area contributed by atoms with Crippen LogP contribution in [0.5, 0.6) is 0 Å². The molecule has 1 aromatic rings. The summed E-state index contributed by atoms with van der Waals surface area (Å²) in [7, 11) is 1.85. The van der Waals surface area contributed by atoms with Crippen LogP contribution in [0.2, 0.25) is 0 Å². The van der Waals surface area contributed by atoms with Gasteiger partial charge in [-0.3, -0.25) is 4.68 Å². The average Bonchev–Trinajstić information content (AvgIpc) is 2.67. The Bertz CT molecular complexity index is 410. The second-order valence-electron chi connectivity index (χ2n) is 5.58. The smallest absolute Gasteiger partial charge is 0.407 e. The maximum absolute atomic E-state index is 11.5. The van der Waals surface area contributed by atoms with E-state index in [2.05, 4.69) is 10.4 Å². The normalized spacial score (nSPS) is 13.1. The molecule has 1 atom stereocenters. The Hall–Kier alpha value is -1.56. The predicted molar refractivity (Wildman–Crippen MR) is 71.7 cm³/mol. The van der Waals surface area contributed by atoms with E-state index in [1.54, 1.807) is 10.9 Å². The molecule has 108 valence electrons. The first kappa shape index (κ1) is 15.5. The molecule has 0 aliphatic rings. The zero-order chi connectivity index (χ0) is 14.5. The Labute approximate surface area is 113 Å². The van der Waals surface area contributed by atoms with Crippen LogP contribution < -0.4 is 5.32 Å². The first-order valence-corrected chi connectivity index (χ1v) is 6.36. The van der Waals surface area contributed by atoms with Gasteiger partial charge < -0.3 is 15.2 Å². The highest BCUT2D eigenvalue weighted by atomic mass is 16.6. The van der Waals surface area contributed by atoms with Crippen LogP contribution in [0.25, 0.3) is 0 Å². The number of alkyl carbamates (subject to hydrolysis) is 1. The van der Waals surface area contributed by atoms with Crippen molar-refractivity contribution in [2.75, 3.05) is 13.2 Å². The Morgan fingerprint density at radius 3 is 2.74 bits per heavy atom. The maximum atomic E-state index is 11.5. The van der Waals surface area contributed by atoms with E-state index in [0.29, 0.717) is 13.0 Å². The minimum atomic E-state index is -0.513. The number of carbonyl (C=O) groups is 1. The maximum Gasteiger partial charge on any atom is 0.407 e. The van der Waals surface area contributed by atoms with Gasteiger partial charge in [0.05, 0.1) is 0 Å². The first-order chi connectivity index (χ1) is 8.81. The summed E-state index contributed by atoms with van der Waals surface area (Å²) in [5, 5.41) is 16.1. The number of aliphatic hydroxyl groups excluding tert-OH is 1. The third-order valence-corrected chi connectivity index (χ3v) is 2.61. The fourth-order valence-electron chi connectivity index (χ4n) is 1.64. The first-order valence-electron chi connectivity index (χ1n) is 6.36. The highest BCUT2D eigenvalue weighted by Gasteiger charge is 2.18. The van der Waals surface area contributed by atoms with E-state index in [-0.39, 0.29) is 12.5 Å². The van der Waals surface area contributed by atoms with Gasteiger partial charge in [0.1, 0.15) is 5.60 Å². The molecule has 0 saturated carbocycles. The largest absolute Gasteiger partial charge is 0.444 e. The molecule has 6 heteroatoms. The quantitative estimate of drug-likeness (QED) is 0.839. The molecule has 0 bridgehead atoms. The number of amides is 1. The van der Waals surface area contributed by atoms with Crippen LogP contribution in [-0.2, 0) is 18.2 Å². The van der Waals surface area contributed by atoms with Crippen molar-refractivity contribution in [1.29, 1.82) is 0 Å². The number of hydrogen-bond donors (Lipinski definition) is 2. The molecule has 19 heavy (non-hydrogen) atoms. The highest BCUT2D eigenvalue weighted by Crippen LogP contribution is 2.09. The van der Waals surface area contributed by atoms with Crippen LogP contribution in [-0.4, -0.2) is 39.7 Å². The monoisotopic (exact) mass is 269 g/mol. The van der Waals surface area contributed by atoms with E-state index in [9.17, 15) is 9.90 Å². The summed E-state index contributed by atoms with van der Waals surface area (Å²) >= 11 is 0. The molecule has 1 aromatic heterocycles. The number of nitrogens with one attached hydrogen (secondary N) is 1. The summed E-state index contributed by atoms with van der Waals surface area (Å²) in [6.07, 6.45) is 1.91. The number of carbonyl (C=O) groups excluding carboxylic acids is 1. The van der Waals surface area contributed by atoms with Crippen LogP contribution in [0.15, 0.2) is 12.3 Å². The molecule has 1 heterocycles. The van der Waals surface area contributed by atoms with Gasteiger partial charge >= 0.3 is 6.09 Å². The van der Waals surface area contributed by atoms with Crippen LogP contribution in [0.4, 0.5) is 4.79 Å². The van der Waals surface area contributed by atoms with E-state index in [4.69, 9.17) is 4.74 Å². The van der Waals surface area contributed by atoms with Gasteiger partial charge in [-0.25, -0.2) is 4.79 Å². The molecule has 2 N–H and O–H groups in total. The molecule has 0 aliphatic heterocycles. The fourth-order valence-corrected chi connectivity index (χ4v) is 1.64. The number of rotatable bonds is 5. The second kappa shape index (κ2) is 6.56. The summed E-state index contributed by atoms with van der Waals surface area (Å²) in [5.74, 6) is -0.0529. The van der Waals surface area contributed by atoms with E-state index >= 15 is 0 Å². The zero-order valence-electron chi connectivity index (χ0n) is 12.0. The molecule has 0 spiro atoms. The van der Waals surface area contributed by atoms with Gasteiger partial charge in [0.15, 0.2) is 0 Å². The van der Waals surface area contributed by atoms with Gasteiger partial charge in [0.25, 0.3) is 0 Å². The van der Waals surface area contributed by atoms with Crippen molar-refractivity contribution in [2.24, 2.45) is 13.0 Å². The minimum Gasteiger partial charge on any atom is -0.444 e. The number of aryl methyl sites for hydroxylation is 1. The third kappa shape index (κ3) is 5.74. The molecular formula is C13H23N3O3. The number of nitrogens with zero attached hydrogens (tertiary/aromatic N) is 2. The topological polar surface area (TPSA) is 76.4 Å². The molecule has 1 rings (SSSR count). The molecular weight excluding hydrogens is 246 g/mol. The lowest BCUT2D eigenvalue weighted by Crippen LogP contribution is -2.36. The summed E-state index contributed by atoms with van der Waals surface area (Å²) < 4.78 is 6.90. The third-order valence-electron chi connectivity index (χ3n) is 2.61. The van der Waals surface area contributed by atoms with Gasteiger partial charge in [0.2, 0.25) is 0 Å². The lowest BCUT2D eigenvalue weighted by molar-refractivity contribution is 0.0512. The Morgan fingerprint density at radius 2 is 2.26 bits per heavy atom. The Morgan fingerprint density at radius 1 is 1.58 bits per heavy atom. The van der Waals surface area contributed by atoms with E-state index in [1.807, 2.05) is 33.9 Å². The summed E-state index contributed by atoms with van der Waals surface area (Å²) in [6, 6.07) is 1.90. The Balaban J connectivity index is 2.41. The van der Waals surface area contributed by atoms with Crippen molar-refractivity contribution in [3.63, 3.8) is 0 Å². The van der Waals surface area contributed by atoms with Crippen molar-refractivity contribution in [2.45, 2.75) is 32.8 Å². The van der Waals surface area contributed by atoms with E-state index in [1.165, 1.54) is 0 Å². The van der Waals surface area contributed by atoms with Gasteiger partial charge in [-0.15, -0.1) is 0 Å². The molecule has 0 aliphatic carbocycles. The standard InChI is InChI=1S/C13H23N3O3/c1-13(2,3)19-12(18)14-8-10(9-17)7-11-5-6-15-16(11)4/h5-6,10,17H,7-9H2,1-4H3,(H,14,18)/t10-/m0/s1. The SMILES string of the molecule is Cn1nccc1C[C@H](CO)CNC(=O)OC(C)(C)C. The second-order valence-corrected chi connectivity index (χ2v) is 5.58. The van der Waals surface area contributed by atoms with E-state index in [0.717, 1.165) is 5.69 Å². The lowest BCUT2D eigenvalue weighted by atomic mass is 10.0. The van der Waals surface area contributed by atoms with Gasteiger partial charge in [-0.05, 0) is 33.3 Å². The predicted octanol–water partition coefficient (Wildman–Crippen LogP) is 1.10. The highest BCUT2D eigenvalue weighted by molar-refractivity contribution is 5.67. The molecule has 0 radical (unpaired) electrons. The summed E-state index contributed by atoms with van der Waals surface area (Å²) in [5.41, 5.74) is 0.505. The van der Waals surface area contributed by atoms with Crippen LogP contribution in [0.1, 0.15) is 26.5 Å². The molecule has 1 amide bonds. The van der Waals surface area contributed by atoms with Gasteiger partial charge in [-0.2, -0.15) is 5.10 Å². The van der Waals surface area contributed by atoms with Crippen molar-refractivity contribution in [3.05, 3.63) is 18.0 Å². The van der Waals surface area contributed by atoms with Crippen molar-refractivity contribution >= 4 is 6.09 Å². The summed E-state index contributed by atoms with van der Waals surface area (Å²) in [6.45, 7) is 5.81. The zero-order valence-corrected chi connectivity index (χ0v) is 12.0. The van der Waals surface area contributed by atoms with Crippen molar-refractivity contribution in [3.8, 4) is 0 Å². The number of aromatic nitrogens is 2. The molecule has 0 unspecified atom stereocenters. The van der Waals surface area contributed by atoms with Crippen LogP contribution in [0, 0.1) is 5.92 Å². The van der Waals surface area contributed by atoms with Gasteiger partial charge in [0, 0.05) is 38.0 Å². The molecule has 0 fully saturated rings. The fraction of sp³-hybridized carbons (Fsp3) is 0.692. The molecule has 6 nitrogen and oxygen atoms in total. The van der Waals surface area contributed by atoms with Crippen molar-refractivity contribution < 1.29 is 14.6 Å². The van der Waals surface area contributed by atoms with Crippen LogP contribution >= 0.6 is 0 Å². The number of aliphatic hydroxyl groups is 1. The Kier molecular flexibility index (Phi) is 5.35. The summed E-state index contributed by atoms with van der Waals surface area (Å²) in [4.78, 5) is 11.5. The van der Waals surface area contributed by atoms with E-state index < -0.39 is 11.7 Å². The molecule has 0 aromatic carbocycles. The average molecular weight is 269 g/mol. The van der Waals surface area contributed by atoms with Crippen LogP contribution in [0.3, 0.4) is 0 Å². The minimum absolute atomic E-state index is 0.000970. The molecule has 0 saturated heterocycles. The number of ether oxygens (including phenoxy) is 1. The van der Waals surface area contributed by atoms with Gasteiger partial charge in [-0.1, -0.05) is 0 Å². The van der Waals surface area contributed by atoms with Crippen molar-refractivity contribution in [1.82, 2.24) is 15.1 Å².